The van der Waals surface area contributed by atoms with Crippen molar-refractivity contribution in [3.63, 3.8) is 0 Å². The third-order valence-electron chi connectivity index (χ3n) is 6.26. The minimum atomic E-state index is -0.568. The fourth-order valence-electron chi connectivity index (χ4n) is 4.51. The van der Waals surface area contributed by atoms with E-state index in [1.807, 2.05) is 45.0 Å². The van der Waals surface area contributed by atoms with Crippen molar-refractivity contribution in [1.29, 1.82) is 5.26 Å². The zero-order valence-electron chi connectivity index (χ0n) is 19.7. The molecule has 1 fully saturated rings. The fourth-order valence-corrected chi connectivity index (χ4v) is 4.91. The highest BCUT2D eigenvalue weighted by Crippen LogP contribution is 2.35. The van der Waals surface area contributed by atoms with Gasteiger partial charge < -0.3 is 10.2 Å². The second-order valence-corrected chi connectivity index (χ2v) is 9.89. The van der Waals surface area contributed by atoms with E-state index in [0.29, 0.717) is 27.8 Å². The van der Waals surface area contributed by atoms with Gasteiger partial charge in [-0.1, -0.05) is 47.5 Å². The summed E-state index contributed by atoms with van der Waals surface area (Å²) in [5.41, 5.74) is 5.74. The van der Waals surface area contributed by atoms with E-state index in [1.165, 1.54) is 0 Å². The molecule has 35 heavy (non-hydrogen) atoms. The monoisotopic (exact) mass is 505 g/mol. The molecular formula is C28H25Cl2N3O2. The van der Waals surface area contributed by atoms with Crippen LogP contribution in [0.4, 0.5) is 11.4 Å². The smallest absolute Gasteiger partial charge is 0.229 e. The first-order valence-corrected chi connectivity index (χ1v) is 12.1. The Morgan fingerprint density at radius 1 is 1.06 bits per heavy atom. The number of carbonyl (C=O) groups excluding carboxylic acids is 2. The van der Waals surface area contributed by atoms with E-state index in [1.54, 1.807) is 35.2 Å². The average molecular weight is 506 g/mol. The van der Waals surface area contributed by atoms with Gasteiger partial charge in [0, 0.05) is 34.4 Å². The number of nitrogens with one attached hydrogen (secondary N) is 1. The number of rotatable bonds is 5. The van der Waals surface area contributed by atoms with Crippen molar-refractivity contribution in [2.24, 2.45) is 5.92 Å². The first-order chi connectivity index (χ1) is 16.7. The van der Waals surface area contributed by atoms with Crippen LogP contribution in [0.1, 0.15) is 40.2 Å². The molecule has 178 valence electrons. The number of nitriles is 1. The number of aryl methyl sites for hydroxylation is 3. The molecule has 0 saturated carbocycles. The normalized spacial score (nSPS) is 16.2. The van der Waals surface area contributed by atoms with E-state index >= 15 is 0 Å². The summed E-state index contributed by atoms with van der Waals surface area (Å²) in [6.45, 7) is 6.15. The molecule has 1 saturated heterocycles. The Hall–Kier alpha value is -3.33. The summed E-state index contributed by atoms with van der Waals surface area (Å²) in [4.78, 5) is 27.4. The quantitative estimate of drug-likeness (QED) is 0.426. The number of hydrogen-bond acceptors (Lipinski definition) is 3. The van der Waals surface area contributed by atoms with Gasteiger partial charge in [0.05, 0.1) is 17.9 Å². The van der Waals surface area contributed by atoms with Crippen LogP contribution in [0.5, 0.6) is 0 Å². The van der Waals surface area contributed by atoms with Crippen molar-refractivity contribution < 1.29 is 9.59 Å². The zero-order chi connectivity index (χ0) is 25.3. The van der Waals surface area contributed by atoms with Gasteiger partial charge in [-0.25, -0.2) is 0 Å². The molecule has 1 aliphatic rings. The average Bonchev–Trinajstić information content (AvgIpc) is 3.20. The predicted octanol–water partition coefficient (Wildman–Crippen LogP) is 6.57. The van der Waals surface area contributed by atoms with Crippen LogP contribution < -0.4 is 10.2 Å². The van der Waals surface area contributed by atoms with Crippen LogP contribution in [0, 0.1) is 38.0 Å². The van der Waals surface area contributed by atoms with Crippen LogP contribution in [0.15, 0.2) is 54.6 Å². The Kier molecular flexibility index (Phi) is 7.16. The number of nitrogens with zero attached hydrogens (tertiary/aromatic N) is 2. The van der Waals surface area contributed by atoms with Crippen LogP contribution >= 0.6 is 23.2 Å². The van der Waals surface area contributed by atoms with Crippen molar-refractivity contribution in [2.75, 3.05) is 16.8 Å². The summed E-state index contributed by atoms with van der Waals surface area (Å²) >= 11 is 12.5. The molecule has 1 aliphatic heterocycles. The van der Waals surface area contributed by atoms with Gasteiger partial charge in [-0.2, -0.15) is 5.26 Å². The molecule has 5 nitrogen and oxygen atoms in total. The van der Waals surface area contributed by atoms with E-state index in [2.05, 4.69) is 11.4 Å². The van der Waals surface area contributed by atoms with Crippen molar-refractivity contribution in [3.05, 3.63) is 92.5 Å². The third kappa shape index (κ3) is 5.35. The number of halogens is 2. The predicted molar refractivity (Wildman–Crippen MR) is 140 cm³/mol. The van der Waals surface area contributed by atoms with Gasteiger partial charge in [0.1, 0.15) is 0 Å². The van der Waals surface area contributed by atoms with Gasteiger partial charge >= 0.3 is 0 Å². The van der Waals surface area contributed by atoms with Crippen molar-refractivity contribution >= 4 is 46.4 Å². The summed E-state index contributed by atoms with van der Waals surface area (Å²) in [5.74, 6) is -1.34. The molecule has 0 spiro atoms. The number of carbonyl (C=O) groups is 2. The Morgan fingerprint density at radius 3 is 2.34 bits per heavy atom. The second-order valence-electron chi connectivity index (χ2n) is 9.04. The molecule has 0 bridgehead atoms. The molecule has 2 unspecified atom stereocenters. The molecular weight excluding hydrogens is 481 g/mol. The molecule has 2 amide bonds. The first kappa shape index (κ1) is 24.8. The standard InChI is InChI=1S/C28H25Cl2N3O2/c1-16-8-17(2)10-22(9-16)33-15-20(12-27(33)34)28(35)32-26-13-25(30)23(11-18(26)3)24(14-31)19-4-6-21(29)7-5-19/h4-11,13,20,24H,12,15H2,1-3H3,(H,32,35). The van der Waals surface area contributed by atoms with Crippen molar-refractivity contribution in [2.45, 2.75) is 33.1 Å². The van der Waals surface area contributed by atoms with E-state index in [9.17, 15) is 14.9 Å². The molecule has 7 heteroatoms. The minimum absolute atomic E-state index is 0.0694. The van der Waals surface area contributed by atoms with Crippen LogP contribution in [0.2, 0.25) is 10.0 Å². The summed E-state index contributed by atoms with van der Waals surface area (Å²) < 4.78 is 0. The van der Waals surface area contributed by atoms with Gasteiger partial charge in [-0.05, 0) is 78.9 Å². The molecule has 3 aromatic rings. The highest BCUT2D eigenvalue weighted by Gasteiger charge is 2.35. The number of amides is 2. The Morgan fingerprint density at radius 2 is 1.71 bits per heavy atom. The molecule has 0 aromatic heterocycles. The lowest BCUT2D eigenvalue weighted by atomic mass is 9.91. The number of anilines is 2. The summed E-state index contributed by atoms with van der Waals surface area (Å²) in [6.07, 6.45) is 0.150. The summed E-state index contributed by atoms with van der Waals surface area (Å²) in [6, 6.07) is 18.8. The zero-order valence-corrected chi connectivity index (χ0v) is 21.2. The maximum absolute atomic E-state index is 13.1. The van der Waals surface area contributed by atoms with E-state index in [-0.39, 0.29) is 18.2 Å². The van der Waals surface area contributed by atoms with Crippen LogP contribution in [-0.4, -0.2) is 18.4 Å². The van der Waals surface area contributed by atoms with E-state index < -0.39 is 11.8 Å². The van der Waals surface area contributed by atoms with E-state index in [4.69, 9.17) is 23.2 Å². The van der Waals surface area contributed by atoms with Crippen LogP contribution in [0.3, 0.4) is 0 Å². The SMILES string of the molecule is Cc1cc(C)cc(N2CC(C(=O)Nc3cc(Cl)c(C(C#N)c4ccc(Cl)cc4)cc3C)CC2=O)c1. The van der Waals surface area contributed by atoms with Crippen molar-refractivity contribution in [1.82, 2.24) is 0 Å². The second kappa shape index (κ2) is 10.1. The Labute approximate surface area is 215 Å². The highest BCUT2D eigenvalue weighted by atomic mass is 35.5. The maximum Gasteiger partial charge on any atom is 0.229 e. The Bertz CT molecular complexity index is 1330. The molecule has 1 N–H and O–H groups in total. The fraction of sp³-hybridized carbons (Fsp3) is 0.250. The lowest BCUT2D eigenvalue weighted by Crippen LogP contribution is -2.28. The molecule has 0 aliphatic carbocycles. The lowest BCUT2D eigenvalue weighted by molar-refractivity contribution is -0.122. The molecule has 1 heterocycles. The van der Waals surface area contributed by atoms with Crippen LogP contribution in [0.25, 0.3) is 0 Å². The minimum Gasteiger partial charge on any atom is -0.325 e. The van der Waals surface area contributed by atoms with Gasteiger partial charge in [0.15, 0.2) is 0 Å². The highest BCUT2D eigenvalue weighted by molar-refractivity contribution is 6.32. The molecule has 0 radical (unpaired) electrons. The van der Waals surface area contributed by atoms with Gasteiger partial charge in [-0.3, -0.25) is 9.59 Å². The molecule has 3 aromatic carbocycles. The van der Waals surface area contributed by atoms with Crippen molar-refractivity contribution in [3.8, 4) is 6.07 Å². The first-order valence-electron chi connectivity index (χ1n) is 11.3. The Balaban J connectivity index is 1.52. The third-order valence-corrected chi connectivity index (χ3v) is 6.84. The maximum atomic E-state index is 13.1. The number of hydrogen-bond donors (Lipinski definition) is 1. The van der Waals surface area contributed by atoms with E-state index in [0.717, 1.165) is 27.9 Å². The lowest BCUT2D eigenvalue weighted by Gasteiger charge is -2.19. The van der Waals surface area contributed by atoms with Crippen LogP contribution in [-0.2, 0) is 9.59 Å². The molecule has 4 rings (SSSR count). The summed E-state index contributed by atoms with van der Waals surface area (Å²) in [5, 5.41) is 13.7. The topological polar surface area (TPSA) is 73.2 Å². The van der Waals surface area contributed by atoms with Gasteiger partial charge in [0.2, 0.25) is 11.8 Å². The molecule has 2 atom stereocenters. The largest absolute Gasteiger partial charge is 0.325 e. The number of benzene rings is 3. The summed E-state index contributed by atoms with van der Waals surface area (Å²) in [7, 11) is 0. The van der Waals surface area contributed by atoms with Gasteiger partial charge in [0.25, 0.3) is 0 Å². The van der Waals surface area contributed by atoms with Gasteiger partial charge in [-0.15, -0.1) is 0 Å².